The summed E-state index contributed by atoms with van der Waals surface area (Å²) >= 11 is 17.6. The van der Waals surface area contributed by atoms with Crippen LogP contribution in [0.1, 0.15) is 32.6 Å². The van der Waals surface area contributed by atoms with Crippen LogP contribution in [-0.4, -0.2) is 22.6 Å². The molecule has 1 saturated heterocycles. The minimum absolute atomic E-state index is 0.480. The van der Waals surface area contributed by atoms with Gasteiger partial charge in [-0.2, -0.15) is 0 Å². The molecule has 0 bridgehead atoms. The van der Waals surface area contributed by atoms with Crippen LogP contribution in [0.2, 0.25) is 10.0 Å². The van der Waals surface area contributed by atoms with Gasteiger partial charge in [-0.25, -0.2) is 0 Å². The Bertz CT molecular complexity index is 465. The van der Waals surface area contributed by atoms with Crippen molar-refractivity contribution >= 4 is 46.2 Å². The maximum Gasteiger partial charge on any atom is 0.173 e. The zero-order chi connectivity index (χ0) is 13.8. The number of hydrogen-bond donors (Lipinski definition) is 1. The van der Waals surface area contributed by atoms with Crippen molar-refractivity contribution in [2.45, 2.75) is 38.6 Å². The fraction of sp³-hybridized carbons (Fsp3) is 0.500. The second-order valence-electron chi connectivity index (χ2n) is 4.95. The van der Waals surface area contributed by atoms with Crippen molar-refractivity contribution in [1.29, 1.82) is 0 Å². The second-order valence-corrected chi connectivity index (χ2v) is 6.18. The number of nitrogens with one attached hydrogen (secondary N) is 1. The lowest BCUT2D eigenvalue weighted by atomic mass is 10.1. The Kier molecular flexibility index (Phi) is 5.31. The van der Waals surface area contributed by atoms with Crippen LogP contribution in [0, 0.1) is 0 Å². The summed E-state index contributed by atoms with van der Waals surface area (Å²) in [4.78, 5) is 2.26. The van der Waals surface area contributed by atoms with Crippen LogP contribution in [0.15, 0.2) is 18.2 Å². The van der Waals surface area contributed by atoms with E-state index in [2.05, 4.69) is 17.1 Å². The third-order valence-corrected chi connectivity index (χ3v) is 4.37. The first kappa shape index (κ1) is 14.9. The van der Waals surface area contributed by atoms with Gasteiger partial charge in [-0.1, -0.05) is 36.0 Å². The lowest BCUT2D eigenvalue weighted by Crippen LogP contribution is -2.40. The molecule has 5 heteroatoms. The standard InChI is InChI=1S/C14H18Cl2N2S/c1-10-5-3-2-4-8-18(10)14(19)17-13-7-6-11(15)9-12(13)16/h6-7,9-10H,2-5,8H2,1H3,(H,17,19). The molecule has 1 N–H and O–H groups in total. The largest absolute Gasteiger partial charge is 0.346 e. The Morgan fingerprint density at radius 2 is 2.11 bits per heavy atom. The van der Waals surface area contributed by atoms with E-state index in [0.29, 0.717) is 16.1 Å². The van der Waals surface area contributed by atoms with Crippen LogP contribution >= 0.6 is 35.4 Å². The molecule has 104 valence electrons. The molecule has 1 aliphatic rings. The number of likely N-dealkylation sites (tertiary alicyclic amines) is 1. The lowest BCUT2D eigenvalue weighted by Gasteiger charge is -2.30. The van der Waals surface area contributed by atoms with Crippen LogP contribution in [-0.2, 0) is 0 Å². The van der Waals surface area contributed by atoms with Gasteiger partial charge in [-0.15, -0.1) is 0 Å². The molecule has 1 unspecified atom stereocenters. The van der Waals surface area contributed by atoms with Gasteiger partial charge in [0.05, 0.1) is 10.7 Å². The summed E-state index contributed by atoms with van der Waals surface area (Å²) in [5.74, 6) is 0. The van der Waals surface area contributed by atoms with Crippen molar-refractivity contribution in [3.05, 3.63) is 28.2 Å². The molecule has 0 saturated carbocycles. The third kappa shape index (κ3) is 3.98. The fourth-order valence-electron chi connectivity index (χ4n) is 2.35. The predicted octanol–water partition coefficient (Wildman–Crippen LogP) is 4.95. The molecular formula is C14H18Cl2N2S. The summed E-state index contributed by atoms with van der Waals surface area (Å²) in [5.41, 5.74) is 0.813. The molecule has 2 rings (SSSR count). The highest BCUT2D eigenvalue weighted by Crippen LogP contribution is 2.26. The maximum absolute atomic E-state index is 6.16. The molecule has 1 aromatic carbocycles. The quantitative estimate of drug-likeness (QED) is 0.737. The van der Waals surface area contributed by atoms with Crippen molar-refractivity contribution in [3.63, 3.8) is 0 Å². The third-order valence-electron chi connectivity index (χ3n) is 3.49. The Morgan fingerprint density at radius 1 is 1.32 bits per heavy atom. The highest BCUT2D eigenvalue weighted by Gasteiger charge is 2.19. The summed E-state index contributed by atoms with van der Waals surface area (Å²) in [6, 6.07) is 5.87. The zero-order valence-corrected chi connectivity index (χ0v) is 13.3. The van der Waals surface area contributed by atoms with Crippen LogP contribution in [0.25, 0.3) is 0 Å². The Morgan fingerprint density at radius 3 is 2.84 bits per heavy atom. The summed E-state index contributed by atoms with van der Waals surface area (Å²) in [5, 5.41) is 5.20. The maximum atomic E-state index is 6.16. The van der Waals surface area contributed by atoms with Gasteiger partial charge in [-0.3, -0.25) is 0 Å². The topological polar surface area (TPSA) is 15.3 Å². The molecule has 1 atom stereocenters. The van der Waals surface area contributed by atoms with E-state index in [1.165, 1.54) is 25.7 Å². The average Bonchev–Trinajstić information content (AvgIpc) is 2.57. The molecule has 1 aliphatic heterocycles. The van der Waals surface area contributed by atoms with E-state index in [4.69, 9.17) is 35.4 Å². The molecule has 2 nitrogen and oxygen atoms in total. The smallest absolute Gasteiger partial charge is 0.173 e. The first-order valence-electron chi connectivity index (χ1n) is 6.60. The average molecular weight is 317 g/mol. The van der Waals surface area contributed by atoms with Gasteiger partial charge in [0, 0.05) is 17.6 Å². The molecule has 0 aliphatic carbocycles. The Hall–Kier alpha value is -0.510. The highest BCUT2D eigenvalue weighted by atomic mass is 35.5. The first-order valence-corrected chi connectivity index (χ1v) is 7.77. The zero-order valence-electron chi connectivity index (χ0n) is 11.0. The van der Waals surface area contributed by atoms with Gasteiger partial charge in [0.1, 0.15) is 0 Å². The molecular weight excluding hydrogens is 299 g/mol. The van der Waals surface area contributed by atoms with E-state index in [1.807, 2.05) is 12.1 Å². The number of halogens is 2. The molecule has 0 spiro atoms. The molecule has 0 radical (unpaired) electrons. The number of thiocarbonyl (C=S) groups is 1. The molecule has 1 heterocycles. The van der Waals surface area contributed by atoms with E-state index in [1.54, 1.807) is 6.07 Å². The minimum Gasteiger partial charge on any atom is -0.346 e. The summed E-state index contributed by atoms with van der Waals surface area (Å²) in [6.45, 7) is 3.24. The summed E-state index contributed by atoms with van der Waals surface area (Å²) < 4.78 is 0. The Labute approximate surface area is 130 Å². The minimum atomic E-state index is 0.480. The number of benzene rings is 1. The van der Waals surface area contributed by atoms with Crippen LogP contribution < -0.4 is 5.32 Å². The number of hydrogen-bond acceptors (Lipinski definition) is 1. The Balaban J connectivity index is 2.07. The van der Waals surface area contributed by atoms with Crippen LogP contribution in [0.3, 0.4) is 0 Å². The van der Waals surface area contributed by atoms with Crippen molar-refractivity contribution < 1.29 is 0 Å². The highest BCUT2D eigenvalue weighted by molar-refractivity contribution is 7.80. The molecule has 1 aromatic rings. The van der Waals surface area contributed by atoms with Crippen molar-refractivity contribution in [1.82, 2.24) is 4.90 Å². The number of rotatable bonds is 1. The molecule has 0 aromatic heterocycles. The van der Waals surface area contributed by atoms with Crippen molar-refractivity contribution in [2.24, 2.45) is 0 Å². The normalized spacial score (nSPS) is 19.9. The SMILES string of the molecule is CC1CCCCCN1C(=S)Nc1ccc(Cl)cc1Cl. The van der Waals surface area contributed by atoms with E-state index in [-0.39, 0.29) is 0 Å². The fourth-order valence-corrected chi connectivity index (χ4v) is 3.19. The van der Waals surface area contributed by atoms with Gasteiger partial charge >= 0.3 is 0 Å². The van der Waals surface area contributed by atoms with Gasteiger partial charge < -0.3 is 10.2 Å². The van der Waals surface area contributed by atoms with E-state index in [9.17, 15) is 0 Å². The van der Waals surface area contributed by atoms with Crippen LogP contribution in [0.5, 0.6) is 0 Å². The van der Waals surface area contributed by atoms with E-state index in [0.717, 1.165) is 17.3 Å². The van der Waals surface area contributed by atoms with Gasteiger partial charge in [0.15, 0.2) is 5.11 Å². The number of anilines is 1. The molecule has 0 amide bonds. The second kappa shape index (κ2) is 6.78. The van der Waals surface area contributed by atoms with Crippen molar-refractivity contribution in [3.8, 4) is 0 Å². The van der Waals surface area contributed by atoms with E-state index < -0.39 is 0 Å². The molecule has 1 fully saturated rings. The first-order chi connectivity index (χ1) is 9.08. The van der Waals surface area contributed by atoms with Crippen LogP contribution in [0.4, 0.5) is 5.69 Å². The monoisotopic (exact) mass is 316 g/mol. The van der Waals surface area contributed by atoms with Gasteiger partial charge in [0.2, 0.25) is 0 Å². The molecule has 19 heavy (non-hydrogen) atoms. The lowest BCUT2D eigenvalue weighted by molar-refractivity contribution is 0.341. The summed E-state index contributed by atoms with van der Waals surface area (Å²) in [7, 11) is 0. The van der Waals surface area contributed by atoms with Gasteiger partial charge in [0.25, 0.3) is 0 Å². The van der Waals surface area contributed by atoms with Gasteiger partial charge in [-0.05, 0) is 50.2 Å². The summed E-state index contributed by atoms with van der Waals surface area (Å²) in [6.07, 6.45) is 4.95. The predicted molar refractivity (Wildman–Crippen MR) is 87.3 cm³/mol. The van der Waals surface area contributed by atoms with Crippen molar-refractivity contribution in [2.75, 3.05) is 11.9 Å². The van der Waals surface area contributed by atoms with E-state index >= 15 is 0 Å². The number of nitrogens with zero attached hydrogens (tertiary/aromatic N) is 1.